The average molecular weight is 377 g/mol. The van der Waals surface area contributed by atoms with Gasteiger partial charge in [0, 0.05) is 10.9 Å². The van der Waals surface area contributed by atoms with Crippen molar-refractivity contribution in [1.29, 1.82) is 0 Å². The van der Waals surface area contributed by atoms with Gasteiger partial charge in [-0.3, -0.25) is 9.89 Å². The van der Waals surface area contributed by atoms with Gasteiger partial charge in [-0.2, -0.15) is 10.2 Å². The van der Waals surface area contributed by atoms with Gasteiger partial charge in [-0.15, -0.1) is 11.3 Å². The van der Waals surface area contributed by atoms with Crippen LogP contribution in [-0.4, -0.2) is 25.9 Å². The lowest BCUT2D eigenvalue weighted by Crippen LogP contribution is -2.14. The highest BCUT2D eigenvalue weighted by molar-refractivity contribution is 7.15. The largest absolute Gasteiger partial charge is 0.305 e. The van der Waals surface area contributed by atoms with E-state index in [1.54, 1.807) is 22.2 Å². The Morgan fingerprint density at radius 3 is 2.74 bits per heavy atom. The van der Waals surface area contributed by atoms with Crippen molar-refractivity contribution < 1.29 is 4.79 Å². The molecule has 136 valence electrons. The molecule has 0 fully saturated rings. The van der Waals surface area contributed by atoms with Gasteiger partial charge in [0.25, 0.3) is 5.91 Å². The van der Waals surface area contributed by atoms with Gasteiger partial charge in [-0.1, -0.05) is 25.1 Å². The Kier molecular flexibility index (Phi) is 4.60. The number of para-hydroxylation sites is 1. The number of amides is 1. The predicted molar refractivity (Wildman–Crippen MR) is 108 cm³/mol. The lowest BCUT2D eigenvalue weighted by molar-refractivity contribution is 0.102. The number of aryl methyl sites for hydroxylation is 1. The minimum Gasteiger partial charge on any atom is -0.305 e. The molecule has 0 aliphatic heterocycles. The van der Waals surface area contributed by atoms with Crippen LogP contribution in [0.1, 0.15) is 27.9 Å². The molecule has 4 rings (SSSR count). The molecule has 0 aliphatic carbocycles. The van der Waals surface area contributed by atoms with Crippen molar-refractivity contribution in [2.45, 2.75) is 20.3 Å². The number of benzene rings is 1. The van der Waals surface area contributed by atoms with Crippen molar-refractivity contribution in [2.24, 2.45) is 0 Å². The second-order valence-electron chi connectivity index (χ2n) is 6.14. The molecule has 0 unspecified atom stereocenters. The predicted octanol–water partition coefficient (Wildman–Crippen LogP) is 4.45. The first-order valence-corrected chi connectivity index (χ1v) is 9.53. The molecule has 1 aromatic carbocycles. The van der Waals surface area contributed by atoms with E-state index in [2.05, 4.69) is 33.6 Å². The maximum absolute atomic E-state index is 12.8. The molecule has 27 heavy (non-hydrogen) atoms. The molecule has 0 spiro atoms. The van der Waals surface area contributed by atoms with E-state index in [1.807, 2.05) is 49.4 Å². The molecule has 1 amide bonds. The number of carbonyl (C=O) groups is 1. The number of aromatic amines is 1. The molecule has 3 heterocycles. The minimum atomic E-state index is -0.213. The first kappa shape index (κ1) is 17.2. The highest BCUT2D eigenvalue weighted by Gasteiger charge is 2.18. The van der Waals surface area contributed by atoms with Crippen LogP contribution in [0.2, 0.25) is 0 Å². The van der Waals surface area contributed by atoms with Crippen molar-refractivity contribution in [3.63, 3.8) is 0 Å². The van der Waals surface area contributed by atoms with E-state index < -0.39 is 0 Å². The molecule has 6 nitrogen and oxygen atoms in total. The molecule has 0 radical (unpaired) electrons. The molecule has 0 atom stereocenters. The second-order valence-corrected chi connectivity index (χ2v) is 7.43. The van der Waals surface area contributed by atoms with E-state index in [4.69, 9.17) is 0 Å². The standard InChI is InChI=1S/C20H19N5OS/c1-3-17-15(12-21-25(17)14-7-5-4-6-8-14)20(26)22-19-11-16(23-24-19)18-10-9-13(2)27-18/h4-12H,3H2,1-2H3,(H2,22,23,24,26). The van der Waals surface area contributed by atoms with Crippen LogP contribution in [0.25, 0.3) is 16.3 Å². The van der Waals surface area contributed by atoms with E-state index in [0.717, 1.165) is 22.0 Å². The average Bonchev–Trinajstić information content (AvgIpc) is 3.41. The third-order valence-corrected chi connectivity index (χ3v) is 5.31. The summed E-state index contributed by atoms with van der Waals surface area (Å²) in [6, 6.07) is 15.7. The molecule has 0 bridgehead atoms. The minimum absolute atomic E-state index is 0.213. The van der Waals surface area contributed by atoms with E-state index >= 15 is 0 Å². The molecular weight excluding hydrogens is 358 g/mol. The molecule has 3 aromatic heterocycles. The highest BCUT2D eigenvalue weighted by atomic mass is 32.1. The monoisotopic (exact) mass is 377 g/mol. The van der Waals surface area contributed by atoms with Gasteiger partial charge in [-0.05, 0) is 37.6 Å². The number of thiophene rings is 1. The Balaban J connectivity index is 1.57. The van der Waals surface area contributed by atoms with E-state index in [-0.39, 0.29) is 5.91 Å². The van der Waals surface area contributed by atoms with Gasteiger partial charge in [0.1, 0.15) is 0 Å². The highest BCUT2D eigenvalue weighted by Crippen LogP contribution is 2.27. The zero-order valence-corrected chi connectivity index (χ0v) is 15.9. The lowest BCUT2D eigenvalue weighted by Gasteiger charge is -2.07. The summed E-state index contributed by atoms with van der Waals surface area (Å²) in [4.78, 5) is 15.1. The number of nitrogens with zero attached hydrogens (tertiary/aromatic N) is 3. The Hall–Kier alpha value is -3.19. The van der Waals surface area contributed by atoms with Crippen LogP contribution in [0.4, 0.5) is 5.82 Å². The Morgan fingerprint density at radius 2 is 2.04 bits per heavy atom. The van der Waals surface area contributed by atoms with Crippen molar-refractivity contribution in [3.05, 3.63) is 70.9 Å². The number of carbonyl (C=O) groups excluding carboxylic acids is 1. The zero-order valence-electron chi connectivity index (χ0n) is 15.1. The Bertz CT molecular complexity index is 1080. The number of hydrogen-bond donors (Lipinski definition) is 2. The zero-order chi connectivity index (χ0) is 18.8. The summed E-state index contributed by atoms with van der Waals surface area (Å²) in [5, 5.41) is 14.5. The maximum Gasteiger partial charge on any atom is 0.260 e. The fraction of sp³-hybridized carbons (Fsp3) is 0.150. The van der Waals surface area contributed by atoms with E-state index in [0.29, 0.717) is 17.8 Å². The summed E-state index contributed by atoms with van der Waals surface area (Å²) in [7, 11) is 0. The van der Waals surface area contributed by atoms with Crippen LogP contribution in [0.5, 0.6) is 0 Å². The van der Waals surface area contributed by atoms with Crippen LogP contribution in [0, 0.1) is 6.92 Å². The van der Waals surface area contributed by atoms with Crippen molar-refractivity contribution in [1.82, 2.24) is 20.0 Å². The van der Waals surface area contributed by atoms with Gasteiger partial charge in [0.2, 0.25) is 0 Å². The normalized spacial score (nSPS) is 10.9. The van der Waals surface area contributed by atoms with Crippen molar-refractivity contribution >= 4 is 23.1 Å². The van der Waals surface area contributed by atoms with Crippen molar-refractivity contribution in [2.75, 3.05) is 5.32 Å². The molecule has 2 N–H and O–H groups in total. The number of rotatable bonds is 5. The van der Waals surface area contributed by atoms with Gasteiger partial charge in [0.05, 0.1) is 33.7 Å². The fourth-order valence-corrected chi connectivity index (χ4v) is 3.80. The Labute approximate surface area is 160 Å². The molecule has 0 saturated heterocycles. The summed E-state index contributed by atoms with van der Waals surface area (Å²) in [5.74, 6) is 0.282. The molecule has 4 aromatic rings. The summed E-state index contributed by atoms with van der Waals surface area (Å²) < 4.78 is 1.80. The number of hydrogen-bond acceptors (Lipinski definition) is 4. The van der Waals surface area contributed by atoms with E-state index in [9.17, 15) is 4.79 Å². The second kappa shape index (κ2) is 7.20. The van der Waals surface area contributed by atoms with E-state index in [1.165, 1.54) is 4.88 Å². The summed E-state index contributed by atoms with van der Waals surface area (Å²) in [6.45, 7) is 4.07. The number of nitrogens with one attached hydrogen (secondary N) is 2. The number of aromatic nitrogens is 4. The van der Waals surface area contributed by atoms with Gasteiger partial charge in [0.15, 0.2) is 5.82 Å². The van der Waals surface area contributed by atoms with Crippen LogP contribution in [-0.2, 0) is 6.42 Å². The smallest absolute Gasteiger partial charge is 0.260 e. The van der Waals surface area contributed by atoms with Crippen molar-refractivity contribution in [3.8, 4) is 16.3 Å². The summed E-state index contributed by atoms with van der Waals surface area (Å²) in [5.41, 5.74) is 3.24. The van der Waals surface area contributed by atoms with Crippen LogP contribution in [0.15, 0.2) is 54.7 Å². The number of anilines is 1. The molecule has 0 saturated carbocycles. The third kappa shape index (κ3) is 3.41. The first-order chi connectivity index (χ1) is 13.2. The van der Waals surface area contributed by atoms with Crippen LogP contribution < -0.4 is 5.32 Å². The lowest BCUT2D eigenvalue weighted by atomic mass is 10.2. The SMILES string of the molecule is CCc1c(C(=O)Nc2cc(-c3ccc(C)s3)[nH]n2)cnn1-c1ccccc1. The van der Waals surface area contributed by atoms with Crippen LogP contribution >= 0.6 is 11.3 Å². The number of H-pyrrole nitrogens is 1. The molecule has 7 heteroatoms. The fourth-order valence-electron chi connectivity index (χ4n) is 2.97. The van der Waals surface area contributed by atoms with Crippen LogP contribution in [0.3, 0.4) is 0 Å². The summed E-state index contributed by atoms with van der Waals surface area (Å²) in [6.07, 6.45) is 2.30. The Morgan fingerprint density at radius 1 is 1.22 bits per heavy atom. The first-order valence-electron chi connectivity index (χ1n) is 8.71. The quantitative estimate of drug-likeness (QED) is 0.540. The summed E-state index contributed by atoms with van der Waals surface area (Å²) >= 11 is 1.68. The third-order valence-electron chi connectivity index (χ3n) is 4.27. The topological polar surface area (TPSA) is 75.6 Å². The molecular formula is C20H19N5OS. The van der Waals surface area contributed by atoms with Gasteiger partial charge < -0.3 is 5.32 Å². The molecule has 0 aliphatic rings. The maximum atomic E-state index is 12.8. The van der Waals surface area contributed by atoms with Gasteiger partial charge >= 0.3 is 0 Å². The van der Waals surface area contributed by atoms with Gasteiger partial charge in [-0.25, -0.2) is 4.68 Å².